The van der Waals surface area contributed by atoms with Crippen molar-refractivity contribution in [1.82, 2.24) is 9.88 Å². The van der Waals surface area contributed by atoms with Crippen molar-refractivity contribution in [2.45, 2.75) is 51.1 Å². The Kier molecular flexibility index (Phi) is 5.19. The zero-order valence-electron chi connectivity index (χ0n) is 10.9. The van der Waals surface area contributed by atoms with E-state index < -0.39 is 0 Å². The molecule has 1 amide bonds. The monoisotopic (exact) mass is 326 g/mol. The molecule has 1 fully saturated rings. The number of rotatable bonds is 4. The Morgan fingerprint density at radius 1 is 1.32 bits per heavy atom. The first-order valence-corrected chi connectivity index (χ1v) is 7.60. The lowest BCUT2D eigenvalue weighted by atomic mass is 9.95. The second kappa shape index (κ2) is 6.89. The molecule has 0 spiro atoms. The van der Waals surface area contributed by atoms with Crippen LogP contribution in [0.4, 0.5) is 0 Å². The van der Waals surface area contributed by atoms with Crippen molar-refractivity contribution in [1.29, 1.82) is 0 Å². The third-order valence-electron chi connectivity index (χ3n) is 3.50. The number of hydrogen-bond donors (Lipinski definition) is 1. The Hall–Kier alpha value is -1.10. The highest BCUT2D eigenvalue weighted by atomic mass is 79.9. The predicted octanol–water partition coefficient (Wildman–Crippen LogP) is 2.45. The molecule has 0 unspecified atom stereocenters. The number of nitrogens with zero attached hydrogens (tertiary/aromatic N) is 1. The van der Waals surface area contributed by atoms with Gasteiger partial charge in [0.1, 0.15) is 0 Å². The molecule has 0 atom stereocenters. The highest BCUT2D eigenvalue weighted by molar-refractivity contribution is 9.10. The molecule has 0 bridgehead atoms. The van der Waals surface area contributed by atoms with Gasteiger partial charge in [0.25, 0.3) is 5.56 Å². The molecule has 1 aliphatic carbocycles. The SMILES string of the molecule is O=C(CCn1cc(Br)ccc1=O)NC1CCCCC1. The van der Waals surface area contributed by atoms with E-state index in [1.54, 1.807) is 16.8 Å². The number of amides is 1. The molecule has 0 aliphatic heterocycles. The van der Waals surface area contributed by atoms with Crippen LogP contribution in [0.3, 0.4) is 0 Å². The molecule has 0 saturated heterocycles. The second-order valence-corrected chi connectivity index (χ2v) is 5.95. The van der Waals surface area contributed by atoms with Crippen molar-refractivity contribution in [2.24, 2.45) is 0 Å². The first-order chi connectivity index (χ1) is 9.15. The molecule has 4 nitrogen and oxygen atoms in total. The van der Waals surface area contributed by atoms with Gasteiger partial charge in [0.15, 0.2) is 0 Å². The van der Waals surface area contributed by atoms with Gasteiger partial charge in [0.2, 0.25) is 5.91 Å². The number of nitrogens with one attached hydrogen (secondary N) is 1. The number of pyridine rings is 1. The summed E-state index contributed by atoms with van der Waals surface area (Å²) >= 11 is 3.32. The van der Waals surface area contributed by atoms with Crippen LogP contribution < -0.4 is 10.9 Å². The molecule has 2 rings (SSSR count). The number of aromatic nitrogens is 1. The summed E-state index contributed by atoms with van der Waals surface area (Å²) in [6, 6.07) is 3.55. The number of halogens is 1. The number of hydrogen-bond acceptors (Lipinski definition) is 2. The van der Waals surface area contributed by atoms with Gasteiger partial charge in [-0.25, -0.2) is 0 Å². The molecule has 0 radical (unpaired) electrons. The van der Waals surface area contributed by atoms with E-state index in [0.29, 0.717) is 19.0 Å². The van der Waals surface area contributed by atoms with Crippen molar-refractivity contribution >= 4 is 21.8 Å². The van der Waals surface area contributed by atoms with E-state index in [-0.39, 0.29) is 11.5 Å². The standard InChI is InChI=1S/C14H19BrN2O2/c15-11-6-7-14(19)17(10-11)9-8-13(18)16-12-4-2-1-3-5-12/h6-7,10,12H,1-5,8-9H2,(H,16,18). The van der Waals surface area contributed by atoms with Crippen LogP contribution in [-0.2, 0) is 11.3 Å². The Morgan fingerprint density at radius 3 is 2.79 bits per heavy atom. The summed E-state index contributed by atoms with van der Waals surface area (Å²) in [5, 5.41) is 3.06. The Morgan fingerprint density at radius 2 is 2.05 bits per heavy atom. The summed E-state index contributed by atoms with van der Waals surface area (Å²) in [6.07, 6.45) is 7.93. The van der Waals surface area contributed by atoms with Crippen LogP contribution in [0, 0.1) is 0 Å². The summed E-state index contributed by atoms with van der Waals surface area (Å²) in [6.45, 7) is 0.427. The highest BCUT2D eigenvalue weighted by Crippen LogP contribution is 2.17. The van der Waals surface area contributed by atoms with Crippen molar-refractivity contribution < 1.29 is 4.79 Å². The third-order valence-corrected chi connectivity index (χ3v) is 3.97. The van der Waals surface area contributed by atoms with E-state index in [1.165, 1.54) is 25.3 Å². The number of carbonyl (C=O) groups is 1. The van der Waals surface area contributed by atoms with Crippen LogP contribution in [0.25, 0.3) is 0 Å². The normalized spacial score (nSPS) is 16.3. The van der Waals surface area contributed by atoms with E-state index in [1.807, 2.05) is 0 Å². The lowest BCUT2D eigenvalue weighted by Gasteiger charge is -2.22. The fourth-order valence-electron chi connectivity index (χ4n) is 2.45. The number of aryl methyl sites for hydroxylation is 1. The summed E-state index contributed by atoms with van der Waals surface area (Å²) in [7, 11) is 0. The van der Waals surface area contributed by atoms with Crippen molar-refractivity contribution in [2.75, 3.05) is 0 Å². The van der Waals surface area contributed by atoms with Crippen molar-refractivity contribution in [3.63, 3.8) is 0 Å². The van der Waals surface area contributed by atoms with E-state index in [4.69, 9.17) is 0 Å². The molecule has 1 saturated carbocycles. The maximum Gasteiger partial charge on any atom is 0.250 e. The van der Waals surface area contributed by atoms with Gasteiger partial charge >= 0.3 is 0 Å². The first-order valence-electron chi connectivity index (χ1n) is 6.80. The molecule has 1 aromatic rings. The topological polar surface area (TPSA) is 51.1 Å². The average molecular weight is 327 g/mol. The predicted molar refractivity (Wildman–Crippen MR) is 78.0 cm³/mol. The molecule has 1 aromatic heterocycles. The highest BCUT2D eigenvalue weighted by Gasteiger charge is 2.15. The van der Waals surface area contributed by atoms with E-state index in [2.05, 4.69) is 21.2 Å². The molecule has 1 N–H and O–H groups in total. The van der Waals surface area contributed by atoms with Gasteiger partial charge in [0, 0.05) is 35.7 Å². The van der Waals surface area contributed by atoms with Crippen LogP contribution in [0.5, 0.6) is 0 Å². The maximum atomic E-state index is 11.8. The smallest absolute Gasteiger partial charge is 0.250 e. The summed E-state index contributed by atoms with van der Waals surface area (Å²) in [5.41, 5.74) is -0.0753. The van der Waals surface area contributed by atoms with E-state index in [0.717, 1.165) is 17.3 Å². The molecular weight excluding hydrogens is 308 g/mol. The zero-order chi connectivity index (χ0) is 13.7. The lowest BCUT2D eigenvalue weighted by molar-refractivity contribution is -0.122. The van der Waals surface area contributed by atoms with E-state index in [9.17, 15) is 9.59 Å². The van der Waals surface area contributed by atoms with Crippen molar-refractivity contribution in [3.8, 4) is 0 Å². The maximum absolute atomic E-state index is 11.8. The fraction of sp³-hybridized carbons (Fsp3) is 0.571. The summed E-state index contributed by atoms with van der Waals surface area (Å²) in [5.74, 6) is 0.0405. The van der Waals surface area contributed by atoms with Gasteiger partial charge in [-0.15, -0.1) is 0 Å². The third kappa shape index (κ3) is 4.49. The minimum Gasteiger partial charge on any atom is -0.353 e. The largest absolute Gasteiger partial charge is 0.353 e. The van der Waals surface area contributed by atoms with Gasteiger partial charge in [-0.3, -0.25) is 9.59 Å². The molecule has 1 aliphatic rings. The van der Waals surface area contributed by atoms with Crippen LogP contribution in [-0.4, -0.2) is 16.5 Å². The molecule has 0 aromatic carbocycles. The number of carbonyl (C=O) groups excluding carboxylic acids is 1. The first kappa shape index (κ1) is 14.3. The fourth-order valence-corrected chi connectivity index (χ4v) is 2.82. The summed E-state index contributed by atoms with van der Waals surface area (Å²) in [4.78, 5) is 23.4. The van der Waals surface area contributed by atoms with E-state index >= 15 is 0 Å². The minimum atomic E-state index is -0.0753. The van der Waals surface area contributed by atoms with Crippen LogP contribution in [0.2, 0.25) is 0 Å². The Balaban J connectivity index is 1.82. The van der Waals surface area contributed by atoms with Gasteiger partial charge in [-0.2, -0.15) is 0 Å². The van der Waals surface area contributed by atoms with Gasteiger partial charge in [-0.05, 0) is 34.8 Å². The molecule has 1 heterocycles. The molecule has 19 heavy (non-hydrogen) atoms. The Bertz CT molecular complexity index is 492. The second-order valence-electron chi connectivity index (χ2n) is 5.03. The molecule has 5 heteroatoms. The van der Waals surface area contributed by atoms with Gasteiger partial charge in [0.05, 0.1) is 0 Å². The Labute approximate surface area is 121 Å². The van der Waals surface area contributed by atoms with Crippen LogP contribution in [0.15, 0.2) is 27.6 Å². The lowest BCUT2D eigenvalue weighted by Crippen LogP contribution is -2.37. The van der Waals surface area contributed by atoms with Crippen molar-refractivity contribution in [3.05, 3.63) is 33.2 Å². The minimum absolute atomic E-state index is 0.0405. The van der Waals surface area contributed by atoms with Gasteiger partial charge < -0.3 is 9.88 Å². The summed E-state index contributed by atoms with van der Waals surface area (Å²) < 4.78 is 2.41. The molecular formula is C14H19BrN2O2. The average Bonchev–Trinajstić information content (AvgIpc) is 2.41. The zero-order valence-corrected chi connectivity index (χ0v) is 12.5. The van der Waals surface area contributed by atoms with Gasteiger partial charge in [-0.1, -0.05) is 19.3 Å². The quantitative estimate of drug-likeness (QED) is 0.923. The molecule has 104 valence electrons. The van der Waals surface area contributed by atoms with Crippen LogP contribution in [0.1, 0.15) is 38.5 Å². The van der Waals surface area contributed by atoms with Crippen LogP contribution >= 0.6 is 15.9 Å².